The Morgan fingerprint density at radius 1 is 0.676 bits per heavy atom. The number of carbonyl (C=O) groups excluding carboxylic acids is 1. The third-order valence-electron chi connectivity index (χ3n) is 6.75. The van der Waals surface area contributed by atoms with Gasteiger partial charge in [0.1, 0.15) is 73.2 Å². The van der Waals surface area contributed by atoms with Crippen LogP contribution >= 0.6 is 0 Å². The molecule has 0 spiro atoms. The van der Waals surface area contributed by atoms with Crippen molar-refractivity contribution in [2.75, 3.05) is 19.8 Å². The smallest absolute Gasteiger partial charge is 0.217 e. The summed E-state index contributed by atoms with van der Waals surface area (Å²) in [7, 11) is 0. The Hall–Kier alpha value is -1.09. The van der Waals surface area contributed by atoms with Gasteiger partial charge in [-0.3, -0.25) is 4.79 Å². The molecule has 16 nitrogen and oxygen atoms in total. The van der Waals surface area contributed by atoms with Gasteiger partial charge in [0.15, 0.2) is 12.6 Å². The van der Waals surface area contributed by atoms with Crippen LogP contribution in [0.1, 0.15) is 13.8 Å². The number of nitrogens with one attached hydrogen (secondary N) is 1. The highest BCUT2D eigenvalue weighted by Crippen LogP contribution is 2.32. The first kappa shape index (κ1) is 30.5. The van der Waals surface area contributed by atoms with Gasteiger partial charge in [0, 0.05) is 6.92 Å². The van der Waals surface area contributed by atoms with Gasteiger partial charge in [-0.1, -0.05) is 0 Å². The standard InChI is InChI=1S/C21H37NO15/c1-6-18(16(31)13(28)8(3-23)33-6)36-20-11(22-7(2)26)14(29)19(10(5-25)35-20)37-21-17(32)15(30)12(27)9(4-24)34-21/h6,8-21,23-25,27-32H,3-5H2,1-2H3,(H,22,26)/t6?,8?,9?,10?,11?,12-,13+,14?,15?,16?,17-,18-,19+,20?,21?/m0/s1. The van der Waals surface area contributed by atoms with Gasteiger partial charge in [0.05, 0.1) is 25.9 Å². The summed E-state index contributed by atoms with van der Waals surface area (Å²) in [4.78, 5) is 11.9. The minimum absolute atomic E-state index is 0.563. The number of hydrogen-bond acceptors (Lipinski definition) is 15. The highest BCUT2D eigenvalue weighted by atomic mass is 16.7. The predicted octanol–water partition coefficient (Wildman–Crippen LogP) is -6.36. The first-order valence-corrected chi connectivity index (χ1v) is 11.9. The van der Waals surface area contributed by atoms with E-state index in [0.29, 0.717) is 0 Å². The molecule has 3 fully saturated rings. The van der Waals surface area contributed by atoms with Crippen LogP contribution in [0.25, 0.3) is 0 Å². The third kappa shape index (κ3) is 6.39. The average Bonchev–Trinajstić information content (AvgIpc) is 2.86. The van der Waals surface area contributed by atoms with Crippen LogP contribution in [-0.4, -0.2) is 164 Å². The van der Waals surface area contributed by atoms with Crippen molar-refractivity contribution in [3.8, 4) is 0 Å². The van der Waals surface area contributed by atoms with Crippen molar-refractivity contribution >= 4 is 5.91 Å². The van der Waals surface area contributed by atoms with E-state index in [9.17, 15) is 50.8 Å². The molecule has 3 rings (SSSR count). The van der Waals surface area contributed by atoms with Crippen LogP contribution in [-0.2, 0) is 28.5 Å². The van der Waals surface area contributed by atoms with E-state index in [2.05, 4.69) is 5.32 Å². The number of hydrogen-bond donors (Lipinski definition) is 10. The summed E-state index contributed by atoms with van der Waals surface area (Å²) < 4.78 is 27.9. The normalized spacial score (nSPS) is 49.0. The van der Waals surface area contributed by atoms with Crippen LogP contribution in [0, 0.1) is 0 Å². The number of amides is 1. The van der Waals surface area contributed by atoms with Crippen LogP contribution in [0.2, 0.25) is 0 Å². The van der Waals surface area contributed by atoms with Gasteiger partial charge in [-0.25, -0.2) is 0 Å². The fourth-order valence-electron chi connectivity index (χ4n) is 4.70. The van der Waals surface area contributed by atoms with Crippen molar-refractivity contribution in [3.05, 3.63) is 0 Å². The molecule has 37 heavy (non-hydrogen) atoms. The summed E-state index contributed by atoms with van der Waals surface area (Å²) in [5.41, 5.74) is 0. The maximum atomic E-state index is 11.9. The van der Waals surface area contributed by atoms with Gasteiger partial charge in [-0.2, -0.15) is 0 Å². The quantitative estimate of drug-likeness (QED) is 0.137. The molecule has 0 radical (unpaired) electrons. The molecular formula is C21H37NO15. The number of carbonyl (C=O) groups is 1. The number of aliphatic hydroxyl groups is 9. The fraction of sp³-hybridized carbons (Fsp3) is 0.952. The summed E-state index contributed by atoms with van der Waals surface area (Å²) in [6.45, 7) is 0.595. The Labute approximate surface area is 211 Å². The molecule has 3 aliphatic rings. The largest absolute Gasteiger partial charge is 0.394 e. The van der Waals surface area contributed by atoms with Crippen LogP contribution < -0.4 is 5.32 Å². The molecule has 10 N–H and O–H groups in total. The molecule has 10 unspecified atom stereocenters. The zero-order valence-electron chi connectivity index (χ0n) is 20.3. The molecule has 3 saturated heterocycles. The van der Waals surface area contributed by atoms with E-state index in [1.165, 1.54) is 6.92 Å². The van der Waals surface area contributed by atoms with Gasteiger partial charge in [0.25, 0.3) is 0 Å². The predicted molar refractivity (Wildman–Crippen MR) is 116 cm³/mol. The summed E-state index contributed by atoms with van der Waals surface area (Å²) in [6, 6.07) is -1.37. The second-order valence-corrected chi connectivity index (χ2v) is 9.38. The van der Waals surface area contributed by atoms with Crippen molar-refractivity contribution in [2.45, 2.75) is 106 Å². The Morgan fingerprint density at radius 3 is 1.76 bits per heavy atom. The summed E-state index contributed by atoms with van der Waals surface area (Å²) in [6.07, 6.45) is -20.5. The lowest BCUT2D eigenvalue weighted by Gasteiger charge is -2.49. The van der Waals surface area contributed by atoms with E-state index in [1.807, 2.05) is 0 Å². The molecule has 1 amide bonds. The van der Waals surface area contributed by atoms with E-state index in [4.69, 9.17) is 23.7 Å². The summed E-state index contributed by atoms with van der Waals surface area (Å²) >= 11 is 0. The van der Waals surface area contributed by atoms with Crippen molar-refractivity contribution in [2.24, 2.45) is 0 Å². The monoisotopic (exact) mass is 543 g/mol. The van der Waals surface area contributed by atoms with E-state index >= 15 is 0 Å². The maximum Gasteiger partial charge on any atom is 0.217 e. The van der Waals surface area contributed by atoms with Crippen molar-refractivity contribution in [1.29, 1.82) is 0 Å². The van der Waals surface area contributed by atoms with E-state index in [0.717, 1.165) is 6.92 Å². The van der Waals surface area contributed by atoms with Crippen molar-refractivity contribution in [1.82, 2.24) is 5.32 Å². The van der Waals surface area contributed by atoms with E-state index in [-0.39, 0.29) is 0 Å². The van der Waals surface area contributed by atoms with Crippen LogP contribution in [0.3, 0.4) is 0 Å². The zero-order chi connectivity index (χ0) is 27.6. The van der Waals surface area contributed by atoms with Gasteiger partial charge in [-0.15, -0.1) is 0 Å². The first-order chi connectivity index (χ1) is 17.4. The number of aliphatic hydroxyl groups excluding tert-OH is 9. The molecule has 3 heterocycles. The van der Waals surface area contributed by atoms with E-state index < -0.39 is 118 Å². The molecule has 0 saturated carbocycles. The van der Waals surface area contributed by atoms with Gasteiger partial charge >= 0.3 is 0 Å². The fourth-order valence-corrected chi connectivity index (χ4v) is 4.70. The van der Waals surface area contributed by atoms with E-state index in [1.54, 1.807) is 0 Å². The van der Waals surface area contributed by atoms with Gasteiger partial charge in [0.2, 0.25) is 5.91 Å². The molecule has 0 aliphatic carbocycles. The lowest BCUT2D eigenvalue weighted by Crippen LogP contribution is -2.69. The summed E-state index contributed by atoms with van der Waals surface area (Å²) in [5, 5.41) is 93.3. The maximum absolute atomic E-state index is 11.9. The van der Waals surface area contributed by atoms with Crippen molar-refractivity contribution in [3.63, 3.8) is 0 Å². The third-order valence-corrected chi connectivity index (χ3v) is 6.75. The Morgan fingerprint density at radius 2 is 1.19 bits per heavy atom. The SMILES string of the molecule is CC(=O)NC1C(O[C@H]2C(C)OC(CO)[C@@H](O)C2O)OC(CO)[C@@H](OC2OC(CO)[C@H](O)C(O)[C@@H]2O)C1O. The minimum atomic E-state index is -1.81. The lowest BCUT2D eigenvalue weighted by atomic mass is 9.93. The molecular weight excluding hydrogens is 506 g/mol. The molecule has 16 heteroatoms. The second-order valence-electron chi connectivity index (χ2n) is 9.38. The topological polar surface area (TPSA) is 257 Å². The molecule has 0 bridgehead atoms. The Bertz CT molecular complexity index is 745. The minimum Gasteiger partial charge on any atom is -0.394 e. The van der Waals surface area contributed by atoms with Gasteiger partial charge < -0.3 is 75.0 Å². The Kier molecular flexibility index (Phi) is 10.6. The van der Waals surface area contributed by atoms with Gasteiger partial charge in [-0.05, 0) is 6.92 Å². The molecule has 0 aromatic heterocycles. The molecule has 216 valence electrons. The number of rotatable bonds is 8. The Balaban J connectivity index is 1.81. The molecule has 3 aliphatic heterocycles. The zero-order valence-corrected chi connectivity index (χ0v) is 20.3. The molecule has 15 atom stereocenters. The molecule has 0 aromatic rings. The molecule has 0 aromatic carbocycles. The average molecular weight is 544 g/mol. The summed E-state index contributed by atoms with van der Waals surface area (Å²) in [5.74, 6) is -0.621. The second kappa shape index (κ2) is 12.8. The highest BCUT2D eigenvalue weighted by Gasteiger charge is 2.53. The van der Waals surface area contributed by atoms with Crippen LogP contribution in [0.4, 0.5) is 0 Å². The lowest BCUT2D eigenvalue weighted by molar-refractivity contribution is -0.359. The van der Waals surface area contributed by atoms with Crippen molar-refractivity contribution < 1.29 is 74.4 Å². The number of ether oxygens (including phenoxy) is 5. The first-order valence-electron chi connectivity index (χ1n) is 11.9. The van der Waals surface area contributed by atoms with Crippen LogP contribution in [0.5, 0.6) is 0 Å². The van der Waals surface area contributed by atoms with Crippen LogP contribution in [0.15, 0.2) is 0 Å². The highest BCUT2D eigenvalue weighted by molar-refractivity contribution is 5.73.